The highest BCUT2D eigenvalue weighted by molar-refractivity contribution is 5.85. The molecule has 1 aromatic rings. The first-order chi connectivity index (χ1) is 8.68. The molecule has 0 aliphatic carbocycles. The molecule has 0 unspecified atom stereocenters. The summed E-state index contributed by atoms with van der Waals surface area (Å²) in [6.45, 7) is 10.5. The van der Waals surface area contributed by atoms with Crippen LogP contribution >= 0.6 is 0 Å². The van der Waals surface area contributed by atoms with Gasteiger partial charge >= 0.3 is 0 Å². The number of allylic oxidation sites excluding steroid dienone is 1. The van der Waals surface area contributed by atoms with Gasteiger partial charge in [0, 0.05) is 18.7 Å². The van der Waals surface area contributed by atoms with Gasteiger partial charge in [-0.2, -0.15) is 0 Å². The number of rotatable bonds is 2. The molecule has 1 aromatic carbocycles. The zero-order valence-corrected chi connectivity index (χ0v) is 11.4. The molecule has 0 saturated carbocycles. The Hall–Kier alpha value is -1.57. The molecule has 0 radical (unpaired) electrons. The molecule has 1 heterocycles. The van der Waals surface area contributed by atoms with Crippen molar-refractivity contribution in [2.45, 2.75) is 33.1 Å². The van der Waals surface area contributed by atoms with Crippen molar-refractivity contribution >= 4 is 17.1 Å². The molecule has 1 fully saturated rings. The van der Waals surface area contributed by atoms with E-state index in [1.54, 1.807) is 0 Å². The van der Waals surface area contributed by atoms with Gasteiger partial charge in [0.1, 0.15) is 5.84 Å². The normalized spacial score (nSPS) is 16.8. The van der Waals surface area contributed by atoms with E-state index in [4.69, 9.17) is 4.99 Å². The number of benzene rings is 1. The molecule has 96 valence electrons. The summed E-state index contributed by atoms with van der Waals surface area (Å²) in [6.07, 6.45) is 3.93. The maximum Gasteiger partial charge on any atom is 0.102 e. The van der Waals surface area contributed by atoms with Crippen molar-refractivity contribution in [3.63, 3.8) is 0 Å². The second-order valence-electron chi connectivity index (χ2n) is 5.00. The molecule has 2 nitrogen and oxygen atoms in total. The Balaban J connectivity index is 2.23. The number of hydrogen-bond donors (Lipinski definition) is 0. The molecule has 0 N–H and O–H groups in total. The van der Waals surface area contributed by atoms with Crippen LogP contribution in [0.5, 0.6) is 0 Å². The summed E-state index contributed by atoms with van der Waals surface area (Å²) in [5.74, 6) is 1.13. The average molecular weight is 242 g/mol. The van der Waals surface area contributed by atoms with E-state index in [0.29, 0.717) is 0 Å². The summed E-state index contributed by atoms with van der Waals surface area (Å²) in [5, 5.41) is 0. The number of nitrogens with zero attached hydrogens (tertiary/aromatic N) is 2. The molecule has 2 rings (SSSR count). The predicted molar refractivity (Wildman–Crippen MR) is 79.3 cm³/mol. The Morgan fingerprint density at radius 3 is 2.44 bits per heavy atom. The molecule has 0 aromatic heterocycles. The predicted octanol–water partition coefficient (Wildman–Crippen LogP) is 4.26. The van der Waals surface area contributed by atoms with E-state index in [9.17, 15) is 0 Å². The summed E-state index contributed by atoms with van der Waals surface area (Å²) in [6, 6.07) is 8.23. The lowest BCUT2D eigenvalue weighted by Gasteiger charge is -2.28. The molecule has 18 heavy (non-hydrogen) atoms. The molecular formula is C16H22N2. The largest absolute Gasteiger partial charge is 0.360 e. The van der Waals surface area contributed by atoms with Crippen LogP contribution in [0.4, 0.5) is 5.69 Å². The summed E-state index contributed by atoms with van der Waals surface area (Å²) in [5.41, 5.74) is 3.25. The van der Waals surface area contributed by atoms with E-state index in [1.807, 2.05) is 19.1 Å². The van der Waals surface area contributed by atoms with Gasteiger partial charge in [-0.25, -0.2) is 4.99 Å². The number of piperidine rings is 1. The highest BCUT2D eigenvalue weighted by Gasteiger charge is 2.11. The first-order valence-electron chi connectivity index (χ1n) is 6.73. The van der Waals surface area contributed by atoms with Crippen LogP contribution in [0.25, 0.3) is 5.57 Å². The van der Waals surface area contributed by atoms with E-state index in [0.717, 1.165) is 35.7 Å². The number of likely N-dealkylation sites (tertiary alicyclic amines) is 1. The highest BCUT2D eigenvalue weighted by atomic mass is 15.2. The second kappa shape index (κ2) is 5.85. The van der Waals surface area contributed by atoms with Gasteiger partial charge in [-0.15, -0.1) is 0 Å². The Labute approximate surface area is 110 Å². The highest BCUT2D eigenvalue weighted by Crippen LogP contribution is 2.25. The lowest BCUT2D eigenvalue weighted by atomic mass is 10.1. The summed E-state index contributed by atoms with van der Waals surface area (Å²) in [4.78, 5) is 7.17. The van der Waals surface area contributed by atoms with E-state index >= 15 is 0 Å². The Kier molecular flexibility index (Phi) is 4.19. The van der Waals surface area contributed by atoms with Crippen LogP contribution in [0.1, 0.15) is 38.7 Å². The zero-order valence-electron chi connectivity index (χ0n) is 11.4. The van der Waals surface area contributed by atoms with Crippen molar-refractivity contribution in [1.29, 1.82) is 0 Å². The van der Waals surface area contributed by atoms with Gasteiger partial charge in [-0.3, -0.25) is 0 Å². The number of amidine groups is 1. The Morgan fingerprint density at radius 2 is 1.78 bits per heavy atom. The van der Waals surface area contributed by atoms with Crippen LogP contribution in [-0.2, 0) is 0 Å². The molecule has 0 bridgehead atoms. The van der Waals surface area contributed by atoms with Crippen LogP contribution in [-0.4, -0.2) is 23.8 Å². The quantitative estimate of drug-likeness (QED) is 0.559. The molecule has 0 spiro atoms. The molecule has 1 saturated heterocycles. The first kappa shape index (κ1) is 12.9. The van der Waals surface area contributed by atoms with Crippen molar-refractivity contribution in [3.05, 3.63) is 36.4 Å². The number of aliphatic imine (C=N–C) groups is 1. The second-order valence-corrected chi connectivity index (χ2v) is 5.00. The smallest absolute Gasteiger partial charge is 0.102 e. The van der Waals surface area contributed by atoms with Crippen LogP contribution < -0.4 is 0 Å². The van der Waals surface area contributed by atoms with Gasteiger partial charge in [-0.1, -0.05) is 24.8 Å². The minimum Gasteiger partial charge on any atom is -0.360 e. The Morgan fingerprint density at radius 1 is 1.11 bits per heavy atom. The molecule has 1 aliphatic rings. The number of para-hydroxylation sites is 1. The fourth-order valence-electron chi connectivity index (χ4n) is 2.39. The van der Waals surface area contributed by atoms with Gasteiger partial charge in [-0.05, 0) is 44.7 Å². The van der Waals surface area contributed by atoms with Crippen molar-refractivity contribution < 1.29 is 0 Å². The van der Waals surface area contributed by atoms with Gasteiger partial charge in [0.15, 0.2) is 0 Å². The molecule has 2 heteroatoms. The van der Waals surface area contributed by atoms with E-state index < -0.39 is 0 Å². The minimum absolute atomic E-state index is 1.04. The van der Waals surface area contributed by atoms with Crippen LogP contribution in [0, 0.1) is 0 Å². The summed E-state index contributed by atoms with van der Waals surface area (Å²) >= 11 is 0. The fraction of sp³-hybridized carbons (Fsp3) is 0.438. The van der Waals surface area contributed by atoms with Crippen LogP contribution in [0.2, 0.25) is 0 Å². The monoisotopic (exact) mass is 242 g/mol. The Bertz CT molecular complexity index is 454. The third kappa shape index (κ3) is 3.00. The average Bonchev–Trinajstić information content (AvgIpc) is 2.40. The van der Waals surface area contributed by atoms with Gasteiger partial charge in [0.2, 0.25) is 0 Å². The summed E-state index contributed by atoms with van der Waals surface area (Å²) in [7, 11) is 0. The molecule has 1 aliphatic heterocycles. The van der Waals surface area contributed by atoms with E-state index in [2.05, 4.69) is 30.5 Å². The standard InChI is InChI=1S/C16H22N2/c1-13(2)15-9-5-6-10-16(15)17-14(3)18-11-7-4-8-12-18/h5-6,9-10H,1,4,7-8,11-12H2,2-3H3. The maximum atomic E-state index is 4.79. The maximum absolute atomic E-state index is 4.79. The van der Waals surface area contributed by atoms with E-state index in [-0.39, 0.29) is 0 Å². The van der Waals surface area contributed by atoms with Crippen LogP contribution in [0.3, 0.4) is 0 Å². The summed E-state index contributed by atoms with van der Waals surface area (Å²) < 4.78 is 0. The lowest BCUT2D eigenvalue weighted by molar-refractivity contribution is 0.340. The molecule has 0 atom stereocenters. The lowest BCUT2D eigenvalue weighted by Crippen LogP contribution is -2.33. The van der Waals surface area contributed by atoms with Crippen molar-refractivity contribution in [2.75, 3.05) is 13.1 Å². The van der Waals surface area contributed by atoms with Gasteiger partial charge in [0.25, 0.3) is 0 Å². The molecular weight excluding hydrogens is 220 g/mol. The molecule has 0 amide bonds. The third-order valence-electron chi connectivity index (χ3n) is 3.46. The number of hydrogen-bond acceptors (Lipinski definition) is 1. The van der Waals surface area contributed by atoms with Crippen molar-refractivity contribution in [1.82, 2.24) is 4.90 Å². The van der Waals surface area contributed by atoms with Crippen LogP contribution in [0.15, 0.2) is 35.8 Å². The van der Waals surface area contributed by atoms with Gasteiger partial charge < -0.3 is 4.90 Å². The fourth-order valence-corrected chi connectivity index (χ4v) is 2.39. The topological polar surface area (TPSA) is 15.6 Å². The SMILES string of the molecule is C=C(C)c1ccccc1N=C(C)N1CCCCC1. The first-order valence-corrected chi connectivity index (χ1v) is 6.73. The van der Waals surface area contributed by atoms with Gasteiger partial charge in [0.05, 0.1) is 5.69 Å². The third-order valence-corrected chi connectivity index (χ3v) is 3.46. The minimum atomic E-state index is 1.04. The van der Waals surface area contributed by atoms with Crippen molar-refractivity contribution in [3.8, 4) is 0 Å². The zero-order chi connectivity index (χ0) is 13.0. The van der Waals surface area contributed by atoms with E-state index in [1.165, 1.54) is 19.3 Å². The van der Waals surface area contributed by atoms with Crippen molar-refractivity contribution in [2.24, 2.45) is 4.99 Å².